The van der Waals surface area contributed by atoms with Gasteiger partial charge in [0.05, 0.1) is 12.5 Å². The van der Waals surface area contributed by atoms with Gasteiger partial charge >= 0.3 is 0 Å². The average Bonchev–Trinajstić information content (AvgIpc) is 2.21. The number of nitrogens with zero attached hydrogens (tertiary/aromatic N) is 1. The van der Waals surface area contributed by atoms with E-state index in [0.717, 1.165) is 19.5 Å². The van der Waals surface area contributed by atoms with Crippen molar-refractivity contribution in [3.05, 3.63) is 0 Å². The Kier molecular flexibility index (Phi) is 6.95. The number of ether oxygens (including phenoxy) is 1. The van der Waals surface area contributed by atoms with Crippen molar-refractivity contribution in [2.75, 3.05) is 26.8 Å². The van der Waals surface area contributed by atoms with Gasteiger partial charge < -0.3 is 15.4 Å². The predicted octanol–water partition coefficient (Wildman–Crippen LogP) is 0.886. The van der Waals surface area contributed by atoms with Crippen molar-refractivity contribution in [2.45, 2.75) is 26.3 Å². The van der Waals surface area contributed by atoms with Crippen molar-refractivity contribution < 1.29 is 9.53 Å². The molecule has 16 heavy (non-hydrogen) atoms. The van der Waals surface area contributed by atoms with E-state index in [1.54, 1.807) is 7.11 Å². The predicted molar refractivity (Wildman–Crippen MR) is 66.6 cm³/mol. The first-order valence-electron chi connectivity index (χ1n) is 5.59. The molecule has 3 unspecified atom stereocenters. The fourth-order valence-corrected chi connectivity index (χ4v) is 2.00. The van der Waals surface area contributed by atoms with E-state index in [2.05, 4.69) is 6.92 Å². The van der Waals surface area contributed by atoms with Crippen LogP contribution in [0.2, 0.25) is 0 Å². The Labute approximate surface area is 104 Å². The lowest BCUT2D eigenvalue weighted by atomic mass is 9.94. The Balaban J connectivity index is 0.00000225. The summed E-state index contributed by atoms with van der Waals surface area (Å²) in [7, 11) is 1.62. The summed E-state index contributed by atoms with van der Waals surface area (Å²) in [6.45, 7) is 6.08. The van der Waals surface area contributed by atoms with E-state index in [-0.39, 0.29) is 30.3 Å². The molecule has 0 saturated carbocycles. The van der Waals surface area contributed by atoms with Crippen LogP contribution in [0.5, 0.6) is 0 Å². The van der Waals surface area contributed by atoms with Crippen LogP contribution in [0.1, 0.15) is 20.3 Å². The monoisotopic (exact) mass is 250 g/mol. The summed E-state index contributed by atoms with van der Waals surface area (Å²) in [5.74, 6) is 0.546. The van der Waals surface area contributed by atoms with Gasteiger partial charge in [0.25, 0.3) is 0 Å². The zero-order chi connectivity index (χ0) is 11.4. The van der Waals surface area contributed by atoms with Crippen LogP contribution in [-0.4, -0.2) is 43.7 Å². The van der Waals surface area contributed by atoms with Crippen LogP contribution in [0.25, 0.3) is 0 Å². The smallest absolute Gasteiger partial charge is 0.227 e. The quantitative estimate of drug-likeness (QED) is 0.809. The molecule has 0 aliphatic carbocycles. The fourth-order valence-electron chi connectivity index (χ4n) is 2.00. The maximum absolute atomic E-state index is 11.9. The van der Waals surface area contributed by atoms with Crippen molar-refractivity contribution in [3.63, 3.8) is 0 Å². The topological polar surface area (TPSA) is 55.6 Å². The summed E-state index contributed by atoms with van der Waals surface area (Å²) in [5.41, 5.74) is 5.91. The lowest BCUT2D eigenvalue weighted by Crippen LogP contribution is -2.49. The van der Waals surface area contributed by atoms with Crippen LogP contribution in [0, 0.1) is 11.8 Å². The van der Waals surface area contributed by atoms with Crippen molar-refractivity contribution in [1.82, 2.24) is 4.90 Å². The average molecular weight is 251 g/mol. The summed E-state index contributed by atoms with van der Waals surface area (Å²) < 4.78 is 4.99. The van der Waals surface area contributed by atoms with Crippen molar-refractivity contribution in [2.24, 2.45) is 17.6 Å². The second-order valence-electron chi connectivity index (χ2n) is 4.57. The summed E-state index contributed by atoms with van der Waals surface area (Å²) >= 11 is 0. The maximum atomic E-state index is 11.9. The number of carbonyl (C=O) groups excluding carboxylic acids is 1. The first-order valence-corrected chi connectivity index (χ1v) is 5.59. The molecule has 1 aliphatic rings. The highest BCUT2D eigenvalue weighted by Gasteiger charge is 2.28. The standard InChI is InChI=1S/C11H22N2O2.ClH/c1-8-6-13(5-4-10(8)12)11(14)9(2)7-15-3;/h8-10H,4-7,12H2,1-3H3;1H. The molecule has 3 atom stereocenters. The number of carbonyl (C=O) groups is 1. The fraction of sp³-hybridized carbons (Fsp3) is 0.909. The normalized spacial score (nSPS) is 27.1. The number of hydrogen-bond acceptors (Lipinski definition) is 3. The molecule has 1 amide bonds. The molecule has 0 aromatic heterocycles. The van der Waals surface area contributed by atoms with Gasteiger partial charge in [-0.1, -0.05) is 13.8 Å². The zero-order valence-electron chi connectivity index (χ0n) is 10.3. The lowest BCUT2D eigenvalue weighted by molar-refractivity contribution is -0.138. The molecule has 5 heteroatoms. The van der Waals surface area contributed by atoms with E-state index in [4.69, 9.17) is 10.5 Å². The third-order valence-electron chi connectivity index (χ3n) is 3.12. The van der Waals surface area contributed by atoms with Gasteiger partial charge in [-0.15, -0.1) is 12.4 Å². The molecule has 4 nitrogen and oxygen atoms in total. The third kappa shape index (κ3) is 3.92. The number of nitrogens with two attached hydrogens (primary N) is 1. The molecule has 1 heterocycles. The number of likely N-dealkylation sites (tertiary alicyclic amines) is 1. The molecule has 0 aromatic rings. The second kappa shape index (κ2) is 7.09. The van der Waals surface area contributed by atoms with Gasteiger partial charge in [-0.25, -0.2) is 0 Å². The summed E-state index contributed by atoms with van der Waals surface area (Å²) in [5, 5.41) is 0. The van der Waals surface area contributed by atoms with E-state index in [9.17, 15) is 4.79 Å². The summed E-state index contributed by atoms with van der Waals surface area (Å²) in [4.78, 5) is 13.9. The Morgan fingerprint density at radius 3 is 2.75 bits per heavy atom. The number of halogens is 1. The van der Waals surface area contributed by atoms with E-state index in [1.165, 1.54) is 0 Å². The minimum Gasteiger partial charge on any atom is -0.384 e. The number of hydrogen-bond donors (Lipinski definition) is 1. The van der Waals surface area contributed by atoms with Gasteiger partial charge in [-0.05, 0) is 12.3 Å². The van der Waals surface area contributed by atoms with Gasteiger partial charge in [-0.3, -0.25) is 4.79 Å². The van der Waals surface area contributed by atoms with E-state index in [1.807, 2.05) is 11.8 Å². The second-order valence-corrected chi connectivity index (χ2v) is 4.57. The Bertz CT molecular complexity index is 226. The van der Waals surface area contributed by atoms with Gasteiger partial charge in [0.1, 0.15) is 0 Å². The lowest BCUT2D eigenvalue weighted by Gasteiger charge is -2.36. The number of rotatable bonds is 3. The van der Waals surface area contributed by atoms with Gasteiger partial charge in [0, 0.05) is 26.2 Å². The van der Waals surface area contributed by atoms with E-state index < -0.39 is 0 Å². The molecule has 0 bridgehead atoms. The van der Waals surface area contributed by atoms with Crippen LogP contribution >= 0.6 is 12.4 Å². The molecule has 0 radical (unpaired) electrons. The molecule has 1 fully saturated rings. The van der Waals surface area contributed by atoms with E-state index in [0.29, 0.717) is 12.5 Å². The zero-order valence-corrected chi connectivity index (χ0v) is 11.1. The van der Waals surface area contributed by atoms with Crippen molar-refractivity contribution in [1.29, 1.82) is 0 Å². The van der Waals surface area contributed by atoms with Gasteiger partial charge in [-0.2, -0.15) is 0 Å². The third-order valence-corrected chi connectivity index (χ3v) is 3.12. The molecule has 2 N–H and O–H groups in total. The van der Waals surface area contributed by atoms with Crippen LogP contribution in [0.4, 0.5) is 0 Å². The Morgan fingerprint density at radius 1 is 1.62 bits per heavy atom. The molecular formula is C11H23ClN2O2. The van der Waals surface area contributed by atoms with Crippen LogP contribution in [0.3, 0.4) is 0 Å². The largest absolute Gasteiger partial charge is 0.384 e. The maximum Gasteiger partial charge on any atom is 0.227 e. The van der Waals surface area contributed by atoms with Crippen LogP contribution in [-0.2, 0) is 9.53 Å². The summed E-state index contributed by atoms with van der Waals surface area (Å²) in [6.07, 6.45) is 0.909. The highest BCUT2D eigenvalue weighted by Crippen LogP contribution is 2.17. The molecule has 96 valence electrons. The molecule has 1 aliphatic heterocycles. The molecule has 1 saturated heterocycles. The Hall–Kier alpha value is -0.320. The first kappa shape index (κ1) is 15.7. The van der Waals surface area contributed by atoms with Crippen LogP contribution in [0.15, 0.2) is 0 Å². The number of methoxy groups -OCH3 is 1. The highest BCUT2D eigenvalue weighted by atomic mass is 35.5. The first-order chi connectivity index (χ1) is 7.06. The molecular weight excluding hydrogens is 228 g/mol. The summed E-state index contributed by atoms with van der Waals surface area (Å²) in [6, 6.07) is 0.242. The van der Waals surface area contributed by atoms with Crippen molar-refractivity contribution >= 4 is 18.3 Å². The molecule has 1 rings (SSSR count). The number of amides is 1. The minimum absolute atomic E-state index is 0. The Morgan fingerprint density at radius 2 is 2.25 bits per heavy atom. The highest BCUT2D eigenvalue weighted by molar-refractivity contribution is 5.85. The minimum atomic E-state index is -0.0449. The van der Waals surface area contributed by atoms with Gasteiger partial charge in [0.2, 0.25) is 5.91 Å². The van der Waals surface area contributed by atoms with Gasteiger partial charge in [0.15, 0.2) is 0 Å². The number of piperidine rings is 1. The van der Waals surface area contributed by atoms with Crippen LogP contribution < -0.4 is 5.73 Å². The van der Waals surface area contributed by atoms with E-state index >= 15 is 0 Å². The molecule has 0 aromatic carbocycles. The SMILES string of the molecule is COCC(C)C(=O)N1CCC(N)C(C)C1.Cl. The van der Waals surface area contributed by atoms with Crippen molar-refractivity contribution in [3.8, 4) is 0 Å². The molecule has 0 spiro atoms.